The van der Waals surface area contributed by atoms with Gasteiger partial charge in [-0.05, 0) is 73.6 Å². The largest absolute Gasteiger partial charge is 0.507 e. The summed E-state index contributed by atoms with van der Waals surface area (Å²) in [5.41, 5.74) is 5.10. The molecule has 4 atom stereocenters. The van der Waals surface area contributed by atoms with E-state index in [0.717, 1.165) is 65.5 Å². The number of aromatic hydroxyl groups is 1. The highest BCUT2D eigenvalue weighted by Gasteiger charge is 2.56. The number of piperidine rings is 1. The van der Waals surface area contributed by atoms with Gasteiger partial charge in [0.05, 0.1) is 24.5 Å². The average Bonchev–Trinajstić information content (AvgIpc) is 3.33. The van der Waals surface area contributed by atoms with Crippen LogP contribution in [-0.2, 0) is 16.1 Å². The van der Waals surface area contributed by atoms with E-state index in [1.807, 2.05) is 62.4 Å². The van der Waals surface area contributed by atoms with E-state index in [2.05, 4.69) is 23.1 Å². The molecule has 0 unspecified atom stereocenters. The monoisotopic (exact) mass is 622 g/mol. The molecule has 7 heteroatoms. The number of amides is 2. The van der Waals surface area contributed by atoms with Gasteiger partial charge in [-0.1, -0.05) is 84.8 Å². The molecule has 2 saturated heterocycles. The molecule has 0 spiro atoms. The Morgan fingerprint density at radius 2 is 1.65 bits per heavy atom. The van der Waals surface area contributed by atoms with E-state index in [1.54, 1.807) is 6.07 Å². The van der Waals surface area contributed by atoms with Crippen LogP contribution in [0.15, 0.2) is 83.4 Å². The Balaban J connectivity index is 1.14. The first kappa shape index (κ1) is 32.2. The summed E-state index contributed by atoms with van der Waals surface area (Å²) < 4.78 is 0. The molecule has 242 valence electrons. The summed E-state index contributed by atoms with van der Waals surface area (Å²) in [5, 5.41) is 34.3. The van der Waals surface area contributed by atoms with Crippen molar-refractivity contribution >= 4 is 28.7 Å². The molecule has 0 saturated carbocycles. The van der Waals surface area contributed by atoms with E-state index in [0.29, 0.717) is 25.7 Å². The standard InChI is InChI=1S/C39H46N2O5/c1-3-27-22-32-37(39(46)41(38(32)45)29-17-19-40(20-18-29)23-26-9-5-4-6-10-26)33(24-42)36(27)35(44)15-13-25(2)21-28-14-16-34(43)31-12-8-7-11-30(28)31/h4-12,14,16,21,29,32-33,35,37,42-44H,3,13,15,17-20,22-24H2,1-2H3/b25-21+/t32-,33+,35-,37-/m1/s1. The van der Waals surface area contributed by atoms with Gasteiger partial charge in [0.25, 0.3) is 0 Å². The highest BCUT2D eigenvalue weighted by molar-refractivity contribution is 6.06. The van der Waals surface area contributed by atoms with Gasteiger partial charge in [0.1, 0.15) is 5.75 Å². The molecular weight excluding hydrogens is 576 g/mol. The topological polar surface area (TPSA) is 101 Å². The molecule has 0 aromatic heterocycles. The van der Waals surface area contributed by atoms with E-state index >= 15 is 0 Å². The predicted molar refractivity (Wildman–Crippen MR) is 181 cm³/mol. The van der Waals surface area contributed by atoms with Gasteiger partial charge in [0.15, 0.2) is 0 Å². The van der Waals surface area contributed by atoms with Crippen molar-refractivity contribution in [3.05, 3.63) is 94.6 Å². The maximum atomic E-state index is 14.0. The van der Waals surface area contributed by atoms with Gasteiger partial charge < -0.3 is 15.3 Å². The fraction of sp³-hybridized carbons (Fsp3) is 0.436. The number of rotatable bonds is 10. The molecule has 46 heavy (non-hydrogen) atoms. The van der Waals surface area contributed by atoms with Crippen LogP contribution >= 0.6 is 0 Å². The van der Waals surface area contributed by atoms with Crippen LogP contribution in [0.25, 0.3) is 16.8 Å². The Hall–Kier alpha value is -3.78. The minimum Gasteiger partial charge on any atom is -0.507 e. The molecule has 3 aromatic rings. The first-order valence-electron chi connectivity index (χ1n) is 16.8. The van der Waals surface area contributed by atoms with Crippen LogP contribution in [0.4, 0.5) is 0 Å². The Kier molecular flexibility index (Phi) is 9.73. The van der Waals surface area contributed by atoms with Gasteiger partial charge in [-0.2, -0.15) is 0 Å². The number of phenols is 1. The molecule has 3 aromatic carbocycles. The molecule has 2 fully saturated rings. The van der Waals surface area contributed by atoms with Crippen molar-refractivity contribution in [1.82, 2.24) is 9.80 Å². The number of allylic oxidation sites excluding steroid dienone is 2. The van der Waals surface area contributed by atoms with Crippen molar-refractivity contribution < 1.29 is 24.9 Å². The number of imide groups is 1. The minimum atomic E-state index is -0.814. The third-order valence-corrected chi connectivity index (χ3v) is 10.5. The molecule has 3 N–H and O–H groups in total. The molecule has 2 amide bonds. The van der Waals surface area contributed by atoms with Gasteiger partial charge in [-0.15, -0.1) is 0 Å². The zero-order chi connectivity index (χ0) is 32.4. The zero-order valence-corrected chi connectivity index (χ0v) is 26.9. The molecule has 2 aliphatic heterocycles. The number of fused-ring (bicyclic) bond motifs is 2. The predicted octanol–water partition coefficient (Wildman–Crippen LogP) is 6.07. The number of carbonyl (C=O) groups is 2. The number of aliphatic hydroxyl groups is 2. The number of benzene rings is 3. The number of likely N-dealkylation sites (tertiary alicyclic amines) is 2. The highest BCUT2D eigenvalue weighted by atomic mass is 16.3. The van der Waals surface area contributed by atoms with Crippen LogP contribution in [0, 0.1) is 17.8 Å². The number of carbonyl (C=O) groups excluding carboxylic acids is 2. The van der Waals surface area contributed by atoms with E-state index in [4.69, 9.17) is 0 Å². The zero-order valence-electron chi connectivity index (χ0n) is 26.9. The van der Waals surface area contributed by atoms with E-state index in [9.17, 15) is 24.9 Å². The van der Waals surface area contributed by atoms with Crippen LogP contribution in [0.2, 0.25) is 0 Å². The SMILES string of the molecule is CCC1=C([C@H](O)CC/C(C)=C/c2ccc(O)c3ccccc23)[C@H](CO)[C@@H]2C(=O)N(C3CCN(Cc4ccccc4)CC3)C(=O)[C@@H]2C1. The normalized spacial score (nSPS) is 23.8. The Bertz CT molecular complexity index is 1640. The summed E-state index contributed by atoms with van der Waals surface area (Å²) >= 11 is 0. The van der Waals surface area contributed by atoms with Crippen molar-refractivity contribution in [2.45, 2.75) is 71.1 Å². The number of hydrogen-bond donors (Lipinski definition) is 3. The Morgan fingerprint density at radius 3 is 2.35 bits per heavy atom. The fourth-order valence-electron chi connectivity index (χ4n) is 8.15. The summed E-state index contributed by atoms with van der Waals surface area (Å²) in [6.07, 6.45) is 4.99. The maximum Gasteiger partial charge on any atom is 0.234 e. The second-order valence-electron chi connectivity index (χ2n) is 13.3. The second kappa shape index (κ2) is 13.9. The van der Waals surface area contributed by atoms with Crippen LogP contribution in [0.3, 0.4) is 0 Å². The van der Waals surface area contributed by atoms with Gasteiger partial charge in [0, 0.05) is 37.0 Å². The third-order valence-electron chi connectivity index (χ3n) is 10.5. The molecular formula is C39H46N2O5. The Labute approximate surface area is 271 Å². The van der Waals surface area contributed by atoms with Gasteiger partial charge >= 0.3 is 0 Å². The summed E-state index contributed by atoms with van der Waals surface area (Å²) in [6.45, 7) is 6.30. The van der Waals surface area contributed by atoms with E-state index in [1.165, 1.54) is 10.5 Å². The summed E-state index contributed by atoms with van der Waals surface area (Å²) in [7, 11) is 0. The summed E-state index contributed by atoms with van der Waals surface area (Å²) in [4.78, 5) is 31.7. The van der Waals surface area contributed by atoms with E-state index in [-0.39, 0.29) is 30.2 Å². The summed E-state index contributed by atoms with van der Waals surface area (Å²) in [6, 6.07) is 21.6. The van der Waals surface area contributed by atoms with Crippen LogP contribution in [0.1, 0.15) is 63.5 Å². The second-order valence-corrected chi connectivity index (χ2v) is 13.3. The van der Waals surface area contributed by atoms with Gasteiger partial charge in [-0.25, -0.2) is 0 Å². The van der Waals surface area contributed by atoms with Crippen LogP contribution in [0.5, 0.6) is 5.75 Å². The molecule has 3 aliphatic rings. The lowest BCUT2D eigenvalue weighted by Gasteiger charge is -2.37. The molecule has 0 radical (unpaired) electrons. The van der Waals surface area contributed by atoms with Gasteiger partial charge in [-0.3, -0.25) is 19.4 Å². The van der Waals surface area contributed by atoms with Crippen LogP contribution < -0.4 is 0 Å². The highest BCUT2D eigenvalue weighted by Crippen LogP contribution is 2.48. The first-order chi connectivity index (χ1) is 22.3. The molecule has 0 bridgehead atoms. The first-order valence-corrected chi connectivity index (χ1v) is 16.8. The maximum absolute atomic E-state index is 14.0. The molecule has 2 heterocycles. The number of aliphatic hydroxyl groups excluding tert-OH is 2. The smallest absolute Gasteiger partial charge is 0.234 e. The van der Waals surface area contributed by atoms with Crippen molar-refractivity contribution in [3.63, 3.8) is 0 Å². The van der Waals surface area contributed by atoms with Crippen molar-refractivity contribution in [1.29, 1.82) is 0 Å². The summed E-state index contributed by atoms with van der Waals surface area (Å²) in [5.74, 6) is -1.69. The lowest BCUT2D eigenvalue weighted by atomic mass is 9.67. The van der Waals surface area contributed by atoms with Crippen LogP contribution in [-0.4, -0.2) is 68.8 Å². The number of phenolic OH excluding ortho intramolecular Hbond substituents is 1. The quantitative estimate of drug-likeness (QED) is 0.187. The van der Waals surface area contributed by atoms with E-state index < -0.39 is 23.9 Å². The average molecular weight is 623 g/mol. The third kappa shape index (κ3) is 6.28. The Morgan fingerprint density at radius 1 is 0.957 bits per heavy atom. The lowest BCUT2D eigenvalue weighted by Crippen LogP contribution is -2.47. The van der Waals surface area contributed by atoms with Gasteiger partial charge in [0.2, 0.25) is 11.8 Å². The molecule has 7 nitrogen and oxygen atoms in total. The number of hydrogen-bond acceptors (Lipinski definition) is 6. The van der Waals surface area contributed by atoms with Crippen molar-refractivity contribution in [3.8, 4) is 5.75 Å². The molecule has 6 rings (SSSR count). The van der Waals surface area contributed by atoms with Crippen molar-refractivity contribution in [2.75, 3.05) is 19.7 Å². The minimum absolute atomic E-state index is 0.102. The lowest BCUT2D eigenvalue weighted by molar-refractivity contribution is -0.144. The van der Waals surface area contributed by atoms with Crippen molar-refractivity contribution in [2.24, 2.45) is 17.8 Å². The number of nitrogens with zero attached hydrogens (tertiary/aromatic N) is 2. The fourth-order valence-corrected chi connectivity index (χ4v) is 8.15. The molecule has 1 aliphatic carbocycles.